The lowest BCUT2D eigenvalue weighted by Gasteiger charge is -2.34. The first-order valence-corrected chi connectivity index (χ1v) is 11.7. The highest BCUT2D eigenvalue weighted by molar-refractivity contribution is 5.76. The molecule has 1 unspecified atom stereocenters. The zero-order valence-corrected chi connectivity index (χ0v) is 19.8. The molecule has 1 heterocycles. The molecule has 1 aromatic carbocycles. The predicted octanol–water partition coefficient (Wildman–Crippen LogP) is 5.03. The Kier molecular flexibility index (Phi) is 13.2. The fourth-order valence-corrected chi connectivity index (χ4v) is 3.75. The standard InChI is InChI=1S/C25H39N3O4.CH4/c1-19(2)10-6-4-5-7-12-24(29)27-18-20-13-14-22(23(16-20)31-3)32-25(30)28-15-9-8-11-21(28)17-26;/h6,10,13-14,16,19,21H,4-5,7-9,11-12,15,17-18,26H2,1-3H3,(H,27,29);1H4/b10-6+;. The fraction of sp³-hybridized carbons (Fsp3) is 0.615. The van der Waals surface area contributed by atoms with Crippen molar-refractivity contribution in [2.75, 3.05) is 20.2 Å². The molecule has 0 aliphatic carbocycles. The number of allylic oxidation sites excluding steroid dienone is 2. The average molecular weight is 462 g/mol. The first-order chi connectivity index (χ1) is 15.4. The Morgan fingerprint density at radius 1 is 1.24 bits per heavy atom. The number of methoxy groups -OCH3 is 1. The summed E-state index contributed by atoms with van der Waals surface area (Å²) < 4.78 is 11.0. The minimum Gasteiger partial charge on any atom is -0.493 e. The van der Waals surface area contributed by atoms with Crippen molar-refractivity contribution in [3.63, 3.8) is 0 Å². The molecule has 0 saturated carbocycles. The van der Waals surface area contributed by atoms with Gasteiger partial charge < -0.3 is 25.4 Å². The van der Waals surface area contributed by atoms with Crippen molar-refractivity contribution >= 4 is 12.0 Å². The molecule has 33 heavy (non-hydrogen) atoms. The van der Waals surface area contributed by atoms with Gasteiger partial charge in [-0.15, -0.1) is 0 Å². The summed E-state index contributed by atoms with van der Waals surface area (Å²) in [7, 11) is 1.53. The van der Waals surface area contributed by atoms with Gasteiger partial charge in [0.15, 0.2) is 11.5 Å². The Morgan fingerprint density at radius 2 is 2.03 bits per heavy atom. The van der Waals surface area contributed by atoms with Crippen LogP contribution in [0.1, 0.15) is 71.8 Å². The highest BCUT2D eigenvalue weighted by Crippen LogP contribution is 2.29. The van der Waals surface area contributed by atoms with Crippen molar-refractivity contribution in [2.45, 2.75) is 78.8 Å². The number of piperidine rings is 1. The minimum absolute atomic E-state index is 0. The van der Waals surface area contributed by atoms with Crippen LogP contribution >= 0.6 is 0 Å². The Labute approximate surface area is 199 Å². The largest absolute Gasteiger partial charge is 0.493 e. The summed E-state index contributed by atoms with van der Waals surface area (Å²) in [6.07, 6.45) is 10.3. The SMILES string of the molecule is C.COc1cc(CNC(=O)CCCC/C=C/C(C)C)ccc1OC(=O)N1CCCCC1CN. The smallest absolute Gasteiger partial charge is 0.415 e. The van der Waals surface area contributed by atoms with Crippen LogP contribution in [0.25, 0.3) is 0 Å². The maximum Gasteiger partial charge on any atom is 0.415 e. The van der Waals surface area contributed by atoms with E-state index in [1.807, 2.05) is 6.07 Å². The number of likely N-dealkylation sites (tertiary alicyclic amines) is 1. The Bertz CT molecular complexity index is 764. The van der Waals surface area contributed by atoms with Crippen LogP contribution in [0.3, 0.4) is 0 Å². The number of carbonyl (C=O) groups excluding carboxylic acids is 2. The topological polar surface area (TPSA) is 93.9 Å². The van der Waals surface area contributed by atoms with Gasteiger partial charge in [0.05, 0.1) is 7.11 Å². The Balaban J connectivity index is 0.00000544. The third kappa shape index (κ3) is 9.86. The van der Waals surface area contributed by atoms with Crippen LogP contribution in [-0.2, 0) is 11.3 Å². The molecular formula is C26H43N3O4. The molecule has 0 bridgehead atoms. The molecule has 0 radical (unpaired) electrons. The number of nitrogens with zero attached hydrogens (tertiary/aromatic N) is 1. The number of hydrogen-bond donors (Lipinski definition) is 2. The molecule has 3 N–H and O–H groups in total. The van der Waals surface area contributed by atoms with Crippen LogP contribution in [0.15, 0.2) is 30.4 Å². The molecule has 1 fully saturated rings. The number of unbranched alkanes of at least 4 members (excludes halogenated alkanes) is 2. The third-order valence-corrected chi connectivity index (χ3v) is 5.59. The summed E-state index contributed by atoms with van der Waals surface area (Å²) in [5.74, 6) is 1.43. The molecule has 2 amide bonds. The number of amides is 2. The van der Waals surface area contributed by atoms with Crippen LogP contribution in [0, 0.1) is 5.92 Å². The highest BCUT2D eigenvalue weighted by Gasteiger charge is 2.27. The van der Waals surface area contributed by atoms with E-state index in [0.717, 1.165) is 44.1 Å². The van der Waals surface area contributed by atoms with Gasteiger partial charge in [0.2, 0.25) is 5.91 Å². The number of hydrogen-bond acceptors (Lipinski definition) is 5. The molecule has 1 aliphatic heterocycles. The first kappa shape index (κ1) is 28.5. The second-order valence-corrected chi connectivity index (χ2v) is 8.63. The summed E-state index contributed by atoms with van der Waals surface area (Å²) >= 11 is 0. The van der Waals surface area contributed by atoms with Crippen LogP contribution in [0.5, 0.6) is 11.5 Å². The monoisotopic (exact) mass is 461 g/mol. The van der Waals surface area contributed by atoms with Crippen molar-refractivity contribution in [2.24, 2.45) is 11.7 Å². The molecular weight excluding hydrogens is 418 g/mol. The summed E-state index contributed by atoms with van der Waals surface area (Å²) in [4.78, 5) is 26.5. The summed E-state index contributed by atoms with van der Waals surface area (Å²) in [6, 6.07) is 5.35. The van der Waals surface area contributed by atoms with Crippen LogP contribution in [0.2, 0.25) is 0 Å². The molecule has 0 spiro atoms. The number of ether oxygens (including phenoxy) is 2. The lowest BCUT2D eigenvalue weighted by Crippen LogP contribution is -2.48. The second-order valence-electron chi connectivity index (χ2n) is 8.63. The van der Waals surface area contributed by atoms with E-state index in [-0.39, 0.29) is 19.4 Å². The fourth-order valence-electron chi connectivity index (χ4n) is 3.75. The van der Waals surface area contributed by atoms with Gasteiger partial charge in [-0.1, -0.05) is 39.5 Å². The zero-order chi connectivity index (χ0) is 23.3. The van der Waals surface area contributed by atoms with Crippen molar-refractivity contribution in [1.82, 2.24) is 10.2 Å². The number of rotatable bonds is 11. The minimum atomic E-state index is -0.400. The van der Waals surface area contributed by atoms with Crippen molar-refractivity contribution in [3.8, 4) is 11.5 Å². The predicted molar refractivity (Wildman–Crippen MR) is 133 cm³/mol. The van der Waals surface area contributed by atoms with E-state index in [1.54, 1.807) is 17.0 Å². The summed E-state index contributed by atoms with van der Waals surface area (Å²) in [5, 5.41) is 2.94. The molecule has 2 rings (SSSR count). The quantitative estimate of drug-likeness (QED) is 0.356. The first-order valence-electron chi connectivity index (χ1n) is 11.7. The lowest BCUT2D eigenvalue weighted by atomic mass is 10.0. The maximum atomic E-state index is 12.6. The molecule has 186 valence electrons. The van der Waals surface area contributed by atoms with Crippen LogP contribution in [-0.4, -0.2) is 43.1 Å². The van der Waals surface area contributed by atoms with Gasteiger partial charge in [0.25, 0.3) is 0 Å². The van der Waals surface area contributed by atoms with Gasteiger partial charge in [0, 0.05) is 32.1 Å². The van der Waals surface area contributed by atoms with Crippen molar-refractivity contribution in [1.29, 1.82) is 0 Å². The normalized spacial score (nSPS) is 15.9. The van der Waals surface area contributed by atoms with Crippen LogP contribution < -0.4 is 20.5 Å². The van der Waals surface area contributed by atoms with E-state index in [4.69, 9.17) is 15.2 Å². The van der Waals surface area contributed by atoms with Gasteiger partial charge in [-0.2, -0.15) is 0 Å². The second kappa shape index (κ2) is 15.3. The van der Waals surface area contributed by atoms with E-state index in [0.29, 0.717) is 43.5 Å². The van der Waals surface area contributed by atoms with Gasteiger partial charge >= 0.3 is 6.09 Å². The van der Waals surface area contributed by atoms with Gasteiger partial charge in [-0.25, -0.2) is 4.79 Å². The number of nitrogens with two attached hydrogens (primary N) is 1. The zero-order valence-electron chi connectivity index (χ0n) is 19.8. The molecule has 1 aliphatic rings. The molecule has 7 heteroatoms. The van der Waals surface area contributed by atoms with E-state index in [2.05, 4.69) is 31.3 Å². The molecule has 7 nitrogen and oxygen atoms in total. The lowest BCUT2D eigenvalue weighted by molar-refractivity contribution is -0.121. The number of benzene rings is 1. The van der Waals surface area contributed by atoms with E-state index in [1.165, 1.54) is 7.11 Å². The van der Waals surface area contributed by atoms with E-state index >= 15 is 0 Å². The van der Waals surface area contributed by atoms with Crippen molar-refractivity contribution < 1.29 is 19.1 Å². The van der Waals surface area contributed by atoms with E-state index < -0.39 is 6.09 Å². The third-order valence-electron chi connectivity index (χ3n) is 5.59. The summed E-state index contributed by atoms with van der Waals surface area (Å²) in [6.45, 7) is 5.79. The molecule has 1 saturated heterocycles. The molecule has 1 atom stereocenters. The maximum absolute atomic E-state index is 12.6. The van der Waals surface area contributed by atoms with E-state index in [9.17, 15) is 9.59 Å². The Hall–Kier alpha value is -2.54. The van der Waals surface area contributed by atoms with Gasteiger partial charge in [0.1, 0.15) is 0 Å². The Morgan fingerprint density at radius 3 is 2.73 bits per heavy atom. The average Bonchev–Trinajstić information content (AvgIpc) is 2.80. The van der Waals surface area contributed by atoms with Crippen LogP contribution in [0.4, 0.5) is 4.79 Å². The number of nitrogens with one attached hydrogen (secondary N) is 1. The van der Waals surface area contributed by atoms with Gasteiger partial charge in [-0.3, -0.25) is 4.79 Å². The number of carbonyl (C=O) groups is 2. The van der Waals surface area contributed by atoms with Crippen molar-refractivity contribution in [3.05, 3.63) is 35.9 Å². The molecule has 1 aromatic rings. The highest BCUT2D eigenvalue weighted by atomic mass is 16.6. The summed E-state index contributed by atoms with van der Waals surface area (Å²) in [5.41, 5.74) is 6.69. The van der Waals surface area contributed by atoms with Gasteiger partial charge in [-0.05, 0) is 62.1 Å². The molecule has 0 aromatic heterocycles.